The molecule has 0 bridgehead atoms. The second-order valence-electron chi connectivity index (χ2n) is 6.66. The Balaban J connectivity index is 1.72. The number of fused-ring (bicyclic) bond motifs is 1. The molecule has 1 aliphatic rings. The zero-order valence-corrected chi connectivity index (χ0v) is 16.9. The van der Waals surface area contributed by atoms with Gasteiger partial charge in [0.2, 0.25) is 11.8 Å². The van der Waals surface area contributed by atoms with Crippen molar-refractivity contribution in [2.45, 2.75) is 24.3 Å². The molecular weight excluding hydrogens is 390 g/mol. The minimum absolute atomic E-state index is 0.0678. The lowest BCUT2D eigenvalue weighted by atomic mass is 10.1. The van der Waals surface area contributed by atoms with Crippen LogP contribution in [0, 0.1) is 5.92 Å². The van der Waals surface area contributed by atoms with Gasteiger partial charge in [0.15, 0.2) is 15.0 Å². The molecule has 1 aromatic heterocycles. The average molecular weight is 412 g/mol. The minimum atomic E-state index is -3.31. The van der Waals surface area contributed by atoms with E-state index in [1.54, 1.807) is 24.1 Å². The third-order valence-electron chi connectivity index (χ3n) is 4.49. The summed E-state index contributed by atoms with van der Waals surface area (Å²) in [7, 11) is -1.74. The van der Waals surface area contributed by atoms with Gasteiger partial charge in [0.05, 0.1) is 33.7 Å². The number of hydrogen-bond acceptors (Lipinski definition) is 7. The Labute approximate surface area is 161 Å². The maximum atomic E-state index is 12.5. The molecule has 1 aromatic carbocycles. The van der Waals surface area contributed by atoms with Crippen molar-refractivity contribution in [1.29, 1.82) is 0 Å². The van der Waals surface area contributed by atoms with E-state index >= 15 is 0 Å². The quantitative estimate of drug-likeness (QED) is 0.773. The summed E-state index contributed by atoms with van der Waals surface area (Å²) in [5.74, 6) is -0.782. The van der Waals surface area contributed by atoms with Gasteiger partial charge in [-0.15, -0.1) is 0 Å². The van der Waals surface area contributed by atoms with Crippen LogP contribution in [0.4, 0.5) is 5.13 Å². The van der Waals surface area contributed by atoms with Crippen molar-refractivity contribution in [2.75, 3.05) is 31.8 Å². The predicted molar refractivity (Wildman–Crippen MR) is 103 cm³/mol. The van der Waals surface area contributed by atoms with Crippen LogP contribution >= 0.6 is 11.3 Å². The third-order valence-corrected chi connectivity index (χ3v) is 6.53. The van der Waals surface area contributed by atoms with Gasteiger partial charge in [-0.2, -0.15) is 0 Å². The molecule has 0 unspecified atom stereocenters. The highest BCUT2D eigenvalue weighted by molar-refractivity contribution is 7.90. The summed E-state index contributed by atoms with van der Waals surface area (Å²) in [5, 5.41) is 3.14. The van der Waals surface area contributed by atoms with Gasteiger partial charge < -0.3 is 15.0 Å². The Morgan fingerprint density at radius 3 is 2.89 bits per heavy atom. The highest BCUT2D eigenvalue weighted by atomic mass is 32.2. The van der Waals surface area contributed by atoms with Gasteiger partial charge in [-0.05, 0) is 25.1 Å². The number of benzene rings is 1. The maximum Gasteiger partial charge on any atom is 0.231 e. The van der Waals surface area contributed by atoms with E-state index in [4.69, 9.17) is 4.74 Å². The van der Waals surface area contributed by atoms with Crippen molar-refractivity contribution in [2.24, 2.45) is 5.92 Å². The molecule has 146 valence electrons. The Hall–Kier alpha value is -2.04. The SMILES string of the molecule is COC[C@H](C)N1C[C@H](C(=O)Nc2nc3ccc(S(C)(=O)=O)cc3s2)CC1=O. The number of rotatable bonds is 6. The fourth-order valence-corrected chi connectivity index (χ4v) is 4.69. The van der Waals surface area contributed by atoms with Crippen LogP contribution in [0.1, 0.15) is 13.3 Å². The molecule has 0 radical (unpaired) electrons. The molecule has 0 saturated carbocycles. The number of amides is 2. The lowest BCUT2D eigenvalue weighted by Crippen LogP contribution is -2.38. The monoisotopic (exact) mass is 411 g/mol. The number of sulfone groups is 1. The fraction of sp³-hybridized carbons (Fsp3) is 0.471. The molecule has 27 heavy (non-hydrogen) atoms. The van der Waals surface area contributed by atoms with Crippen LogP contribution in [0.15, 0.2) is 23.1 Å². The molecule has 0 spiro atoms. The summed E-state index contributed by atoms with van der Waals surface area (Å²) in [6, 6.07) is 4.57. The maximum absolute atomic E-state index is 12.5. The number of hydrogen-bond donors (Lipinski definition) is 1. The van der Waals surface area contributed by atoms with Crippen molar-refractivity contribution in [3.05, 3.63) is 18.2 Å². The number of aromatic nitrogens is 1. The fourth-order valence-electron chi connectivity index (χ4n) is 3.06. The van der Waals surface area contributed by atoms with Gasteiger partial charge in [-0.1, -0.05) is 11.3 Å². The molecule has 3 rings (SSSR count). The van der Waals surface area contributed by atoms with Gasteiger partial charge in [0, 0.05) is 26.3 Å². The largest absolute Gasteiger partial charge is 0.383 e. The van der Waals surface area contributed by atoms with Gasteiger partial charge in [0.25, 0.3) is 0 Å². The van der Waals surface area contributed by atoms with Crippen LogP contribution in [0.5, 0.6) is 0 Å². The number of nitrogens with one attached hydrogen (secondary N) is 1. The van der Waals surface area contributed by atoms with Crippen molar-refractivity contribution in [3.63, 3.8) is 0 Å². The van der Waals surface area contributed by atoms with Crippen molar-refractivity contribution >= 4 is 48.3 Å². The summed E-state index contributed by atoms with van der Waals surface area (Å²) in [5.41, 5.74) is 0.612. The molecule has 2 aromatic rings. The van der Waals surface area contributed by atoms with Gasteiger partial charge >= 0.3 is 0 Å². The highest BCUT2D eigenvalue weighted by Crippen LogP contribution is 2.29. The number of carbonyl (C=O) groups excluding carboxylic acids is 2. The van der Waals surface area contributed by atoms with Crippen LogP contribution in [0.3, 0.4) is 0 Å². The van der Waals surface area contributed by atoms with E-state index in [2.05, 4.69) is 10.3 Å². The predicted octanol–water partition coefficient (Wildman–Crippen LogP) is 1.52. The van der Waals surface area contributed by atoms with E-state index < -0.39 is 15.8 Å². The minimum Gasteiger partial charge on any atom is -0.383 e. The Bertz CT molecular complexity index is 986. The second kappa shape index (κ2) is 7.53. The van der Waals surface area contributed by atoms with E-state index in [0.29, 0.717) is 28.5 Å². The normalized spacial score (nSPS) is 18.9. The standard InChI is InChI=1S/C17H21N3O5S2/c1-10(9-25-2)20-8-11(6-15(20)21)16(22)19-17-18-13-5-4-12(27(3,23)24)7-14(13)26-17/h4-5,7,10-11H,6,8-9H2,1-3H3,(H,18,19,22)/t10-,11+/m0/s1. The van der Waals surface area contributed by atoms with E-state index in [1.165, 1.54) is 17.4 Å². The average Bonchev–Trinajstić information content (AvgIpc) is 3.16. The van der Waals surface area contributed by atoms with Gasteiger partial charge in [0.1, 0.15) is 0 Å². The van der Waals surface area contributed by atoms with Crippen molar-refractivity contribution in [3.8, 4) is 0 Å². The number of ether oxygens (including phenoxy) is 1. The molecule has 8 nitrogen and oxygen atoms in total. The first-order valence-corrected chi connectivity index (χ1v) is 11.1. The molecule has 1 fully saturated rings. The zero-order valence-electron chi connectivity index (χ0n) is 15.3. The molecule has 1 saturated heterocycles. The summed E-state index contributed by atoms with van der Waals surface area (Å²) < 4.78 is 29.1. The Morgan fingerprint density at radius 1 is 1.48 bits per heavy atom. The van der Waals surface area contributed by atoms with E-state index in [0.717, 1.165) is 6.26 Å². The summed E-state index contributed by atoms with van der Waals surface area (Å²) >= 11 is 1.20. The molecular formula is C17H21N3O5S2. The van der Waals surface area contributed by atoms with Crippen LogP contribution in [0.2, 0.25) is 0 Å². The third kappa shape index (κ3) is 4.28. The lowest BCUT2D eigenvalue weighted by molar-refractivity contribution is -0.130. The molecule has 2 amide bonds. The number of nitrogens with zero attached hydrogens (tertiary/aromatic N) is 2. The van der Waals surface area contributed by atoms with Crippen molar-refractivity contribution < 1.29 is 22.7 Å². The summed E-state index contributed by atoms with van der Waals surface area (Å²) in [6.07, 6.45) is 1.30. The van der Waals surface area contributed by atoms with Crippen molar-refractivity contribution in [1.82, 2.24) is 9.88 Å². The van der Waals surface area contributed by atoms with Crippen LogP contribution in [-0.4, -0.2) is 62.7 Å². The Kier molecular flexibility index (Phi) is 5.50. The first kappa shape index (κ1) is 19.7. The first-order valence-electron chi connectivity index (χ1n) is 8.39. The molecule has 1 N–H and O–H groups in total. The number of carbonyl (C=O) groups is 2. The van der Waals surface area contributed by atoms with E-state index in [1.807, 2.05) is 6.92 Å². The molecule has 0 aliphatic carbocycles. The van der Waals surface area contributed by atoms with Crippen LogP contribution in [-0.2, 0) is 24.2 Å². The number of anilines is 1. The molecule has 2 atom stereocenters. The Morgan fingerprint density at radius 2 is 2.22 bits per heavy atom. The molecule has 2 heterocycles. The molecule has 1 aliphatic heterocycles. The highest BCUT2D eigenvalue weighted by Gasteiger charge is 2.36. The van der Waals surface area contributed by atoms with E-state index in [-0.39, 0.29) is 29.2 Å². The topological polar surface area (TPSA) is 106 Å². The zero-order chi connectivity index (χ0) is 19.8. The van der Waals surface area contributed by atoms with E-state index in [9.17, 15) is 18.0 Å². The summed E-state index contributed by atoms with van der Waals surface area (Å²) in [6.45, 7) is 2.65. The summed E-state index contributed by atoms with van der Waals surface area (Å²) in [4.78, 5) is 30.9. The van der Waals surface area contributed by atoms with Crippen LogP contribution in [0.25, 0.3) is 10.2 Å². The first-order chi connectivity index (χ1) is 12.7. The lowest BCUT2D eigenvalue weighted by Gasteiger charge is -2.23. The second-order valence-corrected chi connectivity index (χ2v) is 9.71. The number of methoxy groups -OCH3 is 1. The molecule has 10 heteroatoms. The van der Waals surface area contributed by atoms with Gasteiger partial charge in [-0.3, -0.25) is 9.59 Å². The van der Waals surface area contributed by atoms with Gasteiger partial charge in [-0.25, -0.2) is 13.4 Å². The number of likely N-dealkylation sites (tertiary alicyclic amines) is 1. The van der Waals surface area contributed by atoms with Crippen LogP contribution < -0.4 is 5.32 Å². The number of thiazole rings is 1. The smallest absolute Gasteiger partial charge is 0.231 e.